The Balaban J connectivity index is 2.46. The van der Waals surface area contributed by atoms with Crippen LogP contribution in [0.5, 0.6) is 0 Å². The zero-order chi connectivity index (χ0) is 11.0. The van der Waals surface area contributed by atoms with Crippen molar-refractivity contribution in [2.75, 3.05) is 0 Å². The van der Waals surface area contributed by atoms with Gasteiger partial charge in [-0.1, -0.05) is 11.6 Å². The highest BCUT2D eigenvalue weighted by Gasteiger charge is 2.26. The van der Waals surface area contributed by atoms with Crippen molar-refractivity contribution in [3.8, 4) is 0 Å². The van der Waals surface area contributed by atoms with Crippen molar-refractivity contribution < 1.29 is 9.90 Å². The van der Waals surface area contributed by atoms with Crippen LogP contribution in [0.25, 0.3) is 0 Å². The molecule has 0 radical (unpaired) electrons. The van der Waals surface area contributed by atoms with Crippen molar-refractivity contribution in [2.45, 2.75) is 31.8 Å². The molecular formula is C9H12ClN3O2. The van der Waals surface area contributed by atoms with Gasteiger partial charge in [0.15, 0.2) is 5.15 Å². The highest BCUT2D eigenvalue weighted by molar-refractivity contribution is 6.30. The fraction of sp³-hybridized carbons (Fsp3) is 0.556. The highest BCUT2D eigenvalue weighted by atomic mass is 35.5. The lowest BCUT2D eigenvalue weighted by molar-refractivity contribution is -0.138. The number of aryl methyl sites for hydroxylation is 1. The van der Waals surface area contributed by atoms with Gasteiger partial charge < -0.3 is 15.4 Å². The Morgan fingerprint density at radius 3 is 3.00 bits per heavy atom. The molecule has 0 aromatic carbocycles. The lowest BCUT2D eigenvalue weighted by Gasteiger charge is -2.17. The molecule has 6 heteroatoms. The summed E-state index contributed by atoms with van der Waals surface area (Å²) in [5.74, 6) is -0.233. The van der Waals surface area contributed by atoms with Crippen LogP contribution in [-0.4, -0.2) is 20.6 Å². The van der Waals surface area contributed by atoms with Gasteiger partial charge in [-0.25, -0.2) is 4.98 Å². The van der Waals surface area contributed by atoms with Crippen LogP contribution in [-0.2, 0) is 17.8 Å². The summed E-state index contributed by atoms with van der Waals surface area (Å²) in [4.78, 5) is 15.0. The van der Waals surface area contributed by atoms with Crippen molar-refractivity contribution in [2.24, 2.45) is 5.73 Å². The molecule has 0 fully saturated rings. The molecule has 82 valence electrons. The molecule has 5 nitrogen and oxygen atoms in total. The average molecular weight is 230 g/mol. The van der Waals surface area contributed by atoms with E-state index in [1.807, 2.05) is 4.57 Å². The molecular weight excluding hydrogens is 218 g/mol. The van der Waals surface area contributed by atoms with E-state index in [0.717, 1.165) is 31.6 Å². The van der Waals surface area contributed by atoms with E-state index in [1.54, 1.807) is 0 Å². The Morgan fingerprint density at radius 1 is 1.60 bits per heavy atom. The molecule has 0 saturated heterocycles. The van der Waals surface area contributed by atoms with Gasteiger partial charge in [0.05, 0.1) is 5.69 Å². The summed E-state index contributed by atoms with van der Waals surface area (Å²) in [5, 5.41) is 9.08. The third kappa shape index (κ3) is 1.72. The van der Waals surface area contributed by atoms with Crippen molar-refractivity contribution in [1.82, 2.24) is 9.55 Å². The molecule has 3 N–H and O–H groups in total. The van der Waals surface area contributed by atoms with Crippen molar-refractivity contribution in [3.05, 3.63) is 16.7 Å². The van der Waals surface area contributed by atoms with Crippen molar-refractivity contribution >= 4 is 17.6 Å². The zero-order valence-corrected chi connectivity index (χ0v) is 8.87. The number of nitrogens with two attached hydrogens (primary N) is 1. The first-order valence-corrected chi connectivity index (χ1v) is 5.22. The van der Waals surface area contributed by atoms with Crippen LogP contribution >= 0.6 is 11.6 Å². The summed E-state index contributed by atoms with van der Waals surface area (Å²) in [6, 6.07) is -1.09. The van der Waals surface area contributed by atoms with Crippen molar-refractivity contribution in [3.63, 3.8) is 0 Å². The number of carboxylic acid groups (broad SMARTS) is 1. The summed E-state index contributed by atoms with van der Waals surface area (Å²) < 4.78 is 1.84. The van der Waals surface area contributed by atoms with Crippen LogP contribution in [0, 0.1) is 0 Å². The number of aromatic nitrogens is 2. The van der Waals surface area contributed by atoms with Gasteiger partial charge in [-0.15, -0.1) is 0 Å². The van der Waals surface area contributed by atoms with Crippen LogP contribution in [0.1, 0.15) is 30.4 Å². The summed E-state index contributed by atoms with van der Waals surface area (Å²) in [5.41, 5.74) is 5.99. The summed E-state index contributed by atoms with van der Waals surface area (Å²) in [7, 11) is 0. The number of halogens is 1. The number of nitrogens with zero attached hydrogens (tertiary/aromatic N) is 2. The lowest BCUT2D eigenvalue weighted by atomic mass is 10.1. The number of hydrogen-bond donors (Lipinski definition) is 2. The van der Waals surface area contributed by atoms with Gasteiger partial charge in [0, 0.05) is 13.0 Å². The number of carbonyl (C=O) groups is 1. The largest absolute Gasteiger partial charge is 0.480 e. The maximum absolute atomic E-state index is 10.8. The zero-order valence-electron chi connectivity index (χ0n) is 8.11. The Labute approximate surface area is 91.9 Å². The molecule has 1 atom stereocenters. The van der Waals surface area contributed by atoms with Gasteiger partial charge in [0.1, 0.15) is 11.9 Å². The fourth-order valence-electron chi connectivity index (χ4n) is 1.89. The number of carboxylic acids is 1. The highest BCUT2D eigenvalue weighted by Crippen LogP contribution is 2.27. The van der Waals surface area contributed by atoms with Gasteiger partial charge >= 0.3 is 5.97 Å². The molecule has 1 aromatic heterocycles. The summed E-state index contributed by atoms with van der Waals surface area (Å²) in [6.45, 7) is 0.755. The van der Waals surface area contributed by atoms with Gasteiger partial charge in [0.25, 0.3) is 0 Å². The molecule has 2 rings (SSSR count). The molecule has 1 aliphatic rings. The van der Waals surface area contributed by atoms with E-state index < -0.39 is 12.0 Å². The minimum atomic E-state index is -1.09. The number of hydrogen-bond acceptors (Lipinski definition) is 3. The van der Waals surface area contributed by atoms with Gasteiger partial charge in [-0.05, 0) is 12.8 Å². The summed E-state index contributed by atoms with van der Waals surface area (Å²) >= 11 is 5.90. The second-order valence-corrected chi connectivity index (χ2v) is 3.99. The Bertz CT molecular complexity index is 402. The first-order chi connectivity index (χ1) is 7.11. The maximum atomic E-state index is 10.8. The first-order valence-electron chi connectivity index (χ1n) is 4.84. The van der Waals surface area contributed by atoms with Crippen LogP contribution < -0.4 is 5.73 Å². The maximum Gasteiger partial charge on any atom is 0.326 e. The van der Waals surface area contributed by atoms with E-state index >= 15 is 0 Å². The predicted molar refractivity (Wildman–Crippen MR) is 54.7 cm³/mol. The number of fused-ring (bicyclic) bond motifs is 1. The SMILES string of the molecule is NC(C(=O)O)c1c(Cl)nc2n1CCCC2. The molecule has 0 amide bonds. The summed E-state index contributed by atoms with van der Waals surface area (Å²) in [6.07, 6.45) is 2.92. The van der Waals surface area contributed by atoms with Crippen LogP contribution in [0.15, 0.2) is 0 Å². The molecule has 0 bridgehead atoms. The minimum Gasteiger partial charge on any atom is -0.480 e. The van der Waals surface area contributed by atoms with E-state index in [4.69, 9.17) is 22.4 Å². The molecule has 1 aliphatic heterocycles. The Hall–Kier alpha value is -1.07. The molecule has 1 unspecified atom stereocenters. The number of rotatable bonds is 2. The predicted octanol–water partition coefficient (Wildman–Crippen LogP) is 0.957. The molecule has 0 spiro atoms. The van der Waals surface area contributed by atoms with E-state index in [-0.39, 0.29) is 5.15 Å². The average Bonchev–Trinajstić information content (AvgIpc) is 2.52. The standard InChI is InChI=1S/C9H12ClN3O2/c10-8-7(6(11)9(14)15)13-4-2-1-3-5(13)12-8/h6H,1-4,11H2,(H,14,15). The lowest BCUT2D eigenvalue weighted by Crippen LogP contribution is -2.25. The molecule has 1 aromatic rings. The topological polar surface area (TPSA) is 81.1 Å². The third-order valence-electron chi connectivity index (χ3n) is 2.63. The second kappa shape index (κ2) is 3.83. The minimum absolute atomic E-state index is 0.224. The number of imidazole rings is 1. The van der Waals surface area contributed by atoms with Gasteiger partial charge in [-0.2, -0.15) is 0 Å². The molecule has 2 heterocycles. The fourth-order valence-corrected chi connectivity index (χ4v) is 2.21. The van der Waals surface area contributed by atoms with Crippen LogP contribution in [0.2, 0.25) is 5.15 Å². The van der Waals surface area contributed by atoms with Gasteiger partial charge in [-0.3, -0.25) is 4.79 Å². The number of aliphatic carboxylic acids is 1. The van der Waals surface area contributed by atoms with Crippen LogP contribution in [0.3, 0.4) is 0 Å². The second-order valence-electron chi connectivity index (χ2n) is 3.63. The van der Waals surface area contributed by atoms with Crippen LogP contribution in [0.4, 0.5) is 0 Å². The van der Waals surface area contributed by atoms with E-state index in [9.17, 15) is 4.79 Å². The first kappa shape index (κ1) is 10.4. The quantitative estimate of drug-likeness (QED) is 0.792. The Kier molecular flexibility index (Phi) is 2.67. The van der Waals surface area contributed by atoms with Crippen molar-refractivity contribution in [1.29, 1.82) is 0 Å². The monoisotopic (exact) mass is 229 g/mol. The third-order valence-corrected chi connectivity index (χ3v) is 2.91. The molecule has 15 heavy (non-hydrogen) atoms. The van der Waals surface area contributed by atoms with E-state index in [2.05, 4.69) is 4.98 Å². The molecule has 0 aliphatic carbocycles. The molecule has 0 saturated carbocycles. The van der Waals surface area contributed by atoms with E-state index in [0.29, 0.717) is 5.69 Å². The van der Waals surface area contributed by atoms with Gasteiger partial charge in [0.2, 0.25) is 0 Å². The van der Waals surface area contributed by atoms with E-state index in [1.165, 1.54) is 0 Å². The normalized spacial score (nSPS) is 17.2. The smallest absolute Gasteiger partial charge is 0.326 e. The Morgan fingerprint density at radius 2 is 2.33 bits per heavy atom.